The first-order valence-electron chi connectivity index (χ1n) is 10.8. The molecule has 1 aromatic carbocycles. The van der Waals surface area contributed by atoms with E-state index in [2.05, 4.69) is 4.98 Å². The number of nitrogens with zero attached hydrogens (tertiary/aromatic N) is 2. The Morgan fingerprint density at radius 2 is 1.75 bits per heavy atom. The summed E-state index contributed by atoms with van der Waals surface area (Å²) in [5.74, 6) is -0.939. The summed E-state index contributed by atoms with van der Waals surface area (Å²) >= 11 is 0. The molecule has 1 heterocycles. The van der Waals surface area contributed by atoms with Crippen LogP contribution in [0.25, 0.3) is 0 Å². The van der Waals surface area contributed by atoms with Crippen LogP contribution in [0.2, 0.25) is 0 Å². The smallest absolute Gasteiger partial charge is 0.272 e. The van der Waals surface area contributed by atoms with Gasteiger partial charge in [-0.1, -0.05) is 30.3 Å². The van der Waals surface area contributed by atoms with Crippen LogP contribution < -0.4 is 5.73 Å². The van der Waals surface area contributed by atoms with Crippen LogP contribution in [0.4, 0.5) is 0 Å². The van der Waals surface area contributed by atoms with E-state index in [9.17, 15) is 9.59 Å². The quantitative estimate of drug-likeness (QED) is 0.477. The number of ether oxygens (including phenoxy) is 3. The minimum absolute atomic E-state index is 0.142. The predicted molar refractivity (Wildman–Crippen MR) is 121 cm³/mol. The van der Waals surface area contributed by atoms with Crippen molar-refractivity contribution in [1.29, 1.82) is 0 Å². The zero-order valence-corrected chi connectivity index (χ0v) is 19.2. The Labute approximate surface area is 189 Å². The van der Waals surface area contributed by atoms with Crippen LogP contribution in [0.1, 0.15) is 64.9 Å². The van der Waals surface area contributed by atoms with Crippen molar-refractivity contribution < 1.29 is 23.8 Å². The third-order valence-corrected chi connectivity index (χ3v) is 4.94. The Bertz CT molecular complexity index is 869. The van der Waals surface area contributed by atoms with Crippen molar-refractivity contribution in [1.82, 2.24) is 9.88 Å². The minimum atomic E-state index is -0.635. The van der Waals surface area contributed by atoms with Crippen LogP contribution in [0.3, 0.4) is 0 Å². The van der Waals surface area contributed by atoms with E-state index >= 15 is 0 Å². The number of methoxy groups -OCH3 is 1. The normalized spacial score (nSPS) is 12.0. The minimum Gasteiger partial charge on any atom is -0.370 e. The molecule has 0 bridgehead atoms. The van der Waals surface area contributed by atoms with E-state index in [0.29, 0.717) is 38.3 Å². The van der Waals surface area contributed by atoms with E-state index in [1.54, 1.807) is 25.1 Å². The third kappa shape index (κ3) is 7.12. The summed E-state index contributed by atoms with van der Waals surface area (Å²) in [5.41, 5.74) is 7.17. The van der Waals surface area contributed by atoms with E-state index in [1.165, 1.54) is 6.07 Å². The Morgan fingerprint density at radius 1 is 1.09 bits per heavy atom. The molecule has 2 rings (SSSR count). The molecule has 0 spiro atoms. The molecule has 0 aliphatic rings. The molecule has 174 valence electrons. The number of hydrogen-bond acceptors (Lipinski definition) is 6. The van der Waals surface area contributed by atoms with Crippen LogP contribution >= 0.6 is 0 Å². The van der Waals surface area contributed by atoms with Gasteiger partial charge < -0.3 is 24.8 Å². The van der Waals surface area contributed by atoms with Crippen molar-refractivity contribution in [2.24, 2.45) is 5.73 Å². The van der Waals surface area contributed by atoms with E-state index in [1.807, 2.05) is 44.2 Å². The number of carbonyl (C=O) groups is 2. The summed E-state index contributed by atoms with van der Waals surface area (Å²) in [6.45, 7) is 5.45. The van der Waals surface area contributed by atoms with Crippen LogP contribution in [0, 0.1) is 0 Å². The van der Waals surface area contributed by atoms with Gasteiger partial charge in [0.05, 0.1) is 5.69 Å². The summed E-state index contributed by atoms with van der Waals surface area (Å²) < 4.78 is 16.7. The maximum atomic E-state index is 13.1. The molecule has 2 N–H and O–H groups in total. The van der Waals surface area contributed by atoms with E-state index in [-0.39, 0.29) is 23.5 Å². The first-order valence-corrected chi connectivity index (χ1v) is 10.8. The molecule has 0 fully saturated rings. The maximum Gasteiger partial charge on any atom is 0.272 e. The second kappa shape index (κ2) is 12.9. The Hall–Kier alpha value is -2.81. The highest BCUT2D eigenvalue weighted by atomic mass is 16.7. The molecule has 0 radical (unpaired) electrons. The van der Waals surface area contributed by atoms with Gasteiger partial charge in [0, 0.05) is 45.9 Å². The molecule has 0 aliphatic heterocycles. The van der Waals surface area contributed by atoms with Crippen molar-refractivity contribution in [3.05, 3.63) is 65.0 Å². The van der Waals surface area contributed by atoms with Gasteiger partial charge in [0.1, 0.15) is 11.8 Å². The Balaban J connectivity index is 2.20. The van der Waals surface area contributed by atoms with Gasteiger partial charge in [-0.2, -0.15) is 0 Å². The Morgan fingerprint density at radius 3 is 2.31 bits per heavy atom. The van der Waals surface area contributed by atoms with Crippen LogP contribution in [0.15, 0.2) is 42.5 Å². The van der Waals surface area contributed by atoms with Gasteiger partial charge in [-0.25, -0.2) is 4.98 Å². The number of amides is 2. The number of carbonyl (C=O) groups excluding carboxylic acids is 2. The summed E-state index contributed by atoms with van der Waals surface area (Å²) in [4.78, 5) is 31.0. The molecule has 32 heavy (non-hydrogen) atoms. The van der Waals surface area contributed by atoms with Gasteiger partial charge in [-0.15, -0.1) is 0 Å². The molecule has 2 aromatic rings. The zero-order valence-electron chi connectivity index (χ0n) is 19.2. The molecule has 0 aliphatic carbocycles. The summed E-state index contributed by atoms with van der Waals surface area (Å²) in [7, 11) is 3.25. The van der Waals surface area contributed by atoms with Gasteiger partial charge in [-0.3, -0.25) is 9.59 Å². The third-order valence-electron chi connectivity index (χ3n) is 4.94. The molecule has 2 amide bonds. The molecule has 0 saturated carbocycles. The van der Waals surface area contributed by atoms with Crippen molar-refractivity contribution in [2.75, 3.05) is 33.9 Å². The molecule has 0 saturated heterocycles. The highest BCUT2D eigenvalue weighted by Gasteiger charge is 2.22. The molecule has 1 aromatic heterocycles. The fraction of sp³-hybridized carbons (Fsp3) is 0.458. The predicted octanol–water partition coefficient (Wildman–Crippen LogP) is 3.17. The van der Waals surface area contributed by atoms with Crippen LogP contribution in [-0.2, 0) is 14.2 Å². The van der Waals surface area contributed by atoms with Gasteiger partial charge in [0.15, 0.2) is 6.29 Å². The summed E-state index contributed by atoms with van der Waals surface area (Å²) in [6.07, 6.45) is 0.536. The van der Waals surface area contributed by atoms with Crippen molar-refractivity contribution in [3.63, 3.8) is 0 Å². The van der Waals surface area contributed by atoms with Gasteiger partial charge in [0.25, 0.3) is 5.91 Å². The lowest BCUT2D eigenvalue weighted by Gasteiger charge is -2.21. The highest BCUT2D eigenvalue weighted by molar-refractivity contribution is 5.98. The number of primary amides is 1. The number of aromatic nitrogens is 1. The van der Waals surface area contributed by atoms with Gasteiger partial charge >= 0.3 is 0 Å². The monoisotopic (exact) mass is 443 g/mol. The number of pyridine rings is 1. The number of nitrogens with two attached hydrogens (primary N) is 1. The van der Waals surface area contributed by atoms with Crippen molar-refractivity contribution in [3.8, 4) is 0 Å². The van der Waals surface area contributed by atoms with E-state index < -0.39 is 12.0 Å². The fourth-order valence-corrected chi connectivity index (χ4v) is 3.37. The highest BCUT2D eigenvalue weighted by Crippen LogP contribution is 2.25. The van der Waals surface area contributed by atoms with Gasteiger partial charge in [-0.05, 0) is 38.0 Å². The average molecular weight is 444 g/mol. The van der Waals surface area contributed by atoms with E-state index in [0.717, 1.165) is 5.56 Å². The van der Waals surface area contributed by atoms with Crippen molar-refractivity contribution in [2.45, 2.75) is 39.1 Å². The lowest BCUT2D eigenvalue weighted by Crippen LogP contribution is -2.30. The average Bonchev–Trinajstić information content (AvgIpc) is 2.79. The number of hydrogen-bond donors (Lipinski definition) is 1. The first kappa shape index (κ1) is 25.5. The largest absolute Gasteiger partial charge is 0.370 e. The summed E-state index contributed by atoms with van der Waals surface area (Å²) in [5, 5.41) is 0. The molecule has 8 nitrogen and oxygen atoms in total. The fourth-order valence-electron chi connectivity index (χ4n) is 3.37. The maximum absolute atomic E-state index is 13.1. The SMILES string of the molecule is CCOC(CCCN(C)C(=O)c1cc(C(N)=O)cc(C(OC)c2ccccc2)n1)OCC. The second-order valence-electron chi connectivity index (χ2n) is 7.27. The molecule has 8 heteroatoms. The van der Waals surface area contributed by atoms with Crippen LogP contribution in [0.5, 0.6) is 0 Å². The Kier molecular flexibility index (Phi) is 10.3. The van der Waals surface area contributed by atoms with E-state index in [4.69, 9.17) is 19.9 Å². The topological polar surface area (TPSA) is 104 Å². The summed E-state index contributed by atoms with van der Waals surface area (Å²) in [6, 6.07) is 12.4. The standard InChI is InChI=1S/C24H33N3O5/c1-5-31-21(32-6-2)13-10-14-27(3)24(29)20-16-18(23(25)28)15-19(26-20)22(30-4)17-11-8-7-9-12-17/h7-9,11-12,15-16,21-22H,5-6,10,13-14H2,1-4H3,(H2,25,28). The number of rotatable bonds is 13. The first-order chi connectivity index (χ1) is 15.4. The zero-order chi connectivity index (χ0) is 23.5. The molecular weight excluding hydrogens is 410 g/mol. The van der Waals surface area contributed by atoms with Crippen molar-refractivity contribution >= 4 is 11.8 Å². The number of benzene rings is 1. The lowest BCUT2D eigenvalue weighted by atomic mass is 10.0. The van der Waals surface area contributed by atoms with Gasteiger partial charge in [0.2, 0.25) is 5.91 Å². The molecule has 1 unspecified atom stereocenters. The molecular formula is C24H33N3O5. The van der Waals surface area contributed by atoms with Crippen LogP contribution in [-0.4, -0.2) is 61.9 Å². The second-order valence-corrected chi connectivity index (χ2v) is 7.27. The lowest BCUT2D eigenvalue weighted by molar-refractivity contribution is -0.140. The molecule has 1 atom stereocenters.